The minimum Gasteiger partial charge on any atom is -0.209 e. The highest BCUT2D eigenvalue weighted by atomic mass is 14.7. The van der Waals surface area contributed by atoms with Gasteiger partial charge in [0.05, 0.1) is 0 Å². The van der Waals surface area contributed by atoms with Crippen molar-refractivity contribution in [1.82, 2.24) is 0 Å². The predicted octanol–water partition coefficient (Wildman–Crippen LogP) is 4.14. The van der Waals surface area contributed by atoms with E-state index in [0.29, 0.717) is 0 Å². The van der Waals surface area contributed by atoms with Crippen LogP contribution in [0.2, 0.25) is 0 Å². The van der Waals surface area contributed by atoms with Crippen LogP contribution in [0.3, 0.4) is 0 Å². The van der Waals surface area contributed by atoms with Crippen LogP contribution < -0.4 is 4.98 Å². The summed E-state index contributed by atoms with van der Waals surface area (Å²) in [5.41, 5.74) is 6.02. The van der Waals surface area contributed by atoms with E-state index in [-0.39, 0.29) is 0 Å². The first-order valence-electron chi connectivity index (χ1n) is 6.48. The van der Waals surface area contributed by atoms with Crippen LogP contribution in [0.4, 0.5) is 0 Å². The number of rotatable bonds is 2. The van der Waals surface area contributed by atoms with Crippen molar-refractivity contribution in [3.63, 3.8) is 0 Å². The largest absolute Gasteiger partial charge is 0.211 e. The van der Waals surface area contributed by atoms with E-state index < -0.39 is 0 Å². The number of benzene rings is 2. The zero-order valence-corrected chi connectivity index (χ0v) is 10.9. The Morgan fingerprint density at radius 2 is 1.21 bits per heavy atom. The third kappa shape index (κ3) is 2.55. The average molecular weight is 246 g/mol. The smallest absolute Gasteiger partial charge is 0.209 e. The van der Waals surface area contributed by atoms with E-state index in [1.165, 1.54) is 22.4 Å². The van der Waals surface area contributed by atoms with E-state index >= 15 is 0 Å². The molecule has 0 unspecified atom stereocenters. The van der Waals surface area contributed by atoms with Gasteiger partial charge in [-0.25, -0.2) is 4.98 Å². The molecule has 0 aliphatic rings. The van der Waals surface area contributed by atoms with Crippen molar-refractivity contribution in [3.05, 3.63) is 78.5 Å². The summed E-state index contributed by atoms with van der Waals surface area (Å²) in [5.74, 6) is 0. The van der Waals surface area contributed by atoms with Crippen molar-refractivity contribution >= 4 is 0 Å². The van der Waals surface area contributed by atoms with Crippen LogP contribution in [-0.4, -0.2) is 0 Å². The third-order valence-electron chi connectivity index (χ3n) is 3.20. The first kappa shape index (κ1) is 11.7. The van der Waals surface area contributed by atoms with E-state index in [0.717, 1.165) is 5.69 Å². The molecular formula is C18H16N+. The molecule has 0 spiro atoms. The van der Waals surface area contributed by atoms with Crippen LogP contribution in [-0.2, 0) is 0 Å². The summed E-state index contributed by atoms with van der Waals surface area (Å²) >= 11 is 0. The van der Waals surface area contributed by atoms with Gasteiger partial charge in [-0.1, -0.05) is 48.5 Å². The zero-order valence-electron chi connectivity index (χ0n) is 10.9. The van der Waals surface area contributed by atoms with Crippen molar-refractivity contribution in [3.8, 4) is 22.4 Å². The molecule has 92 valence electrons. The lowest BCUT2D eigenvalue weighted by molar-refractivity contribution is -0.374. The summed E-state index contributed by atoms with van der Waals surface area (Å²) in [6, 6.07) is 25.3. The van der Waals surface area contributed by atoms with Gasteiger partial charge in [-0.3, -0.25) is 0 Å². The van der Waals surface area contributed by atoms with Gasteiger partial charge in [0.25, 0.3) is 0 Å². The Kier molecular flexibility index (Phi) is 3.11. The molecule has 0 radical (unpaired) electrons. The fourth-order valence-corrected chi connectivity index (χ4v) is 2.29. The van der Waals surface area contributed by atoms with E-state index in [1.807, 2.05) is 12.1 Å². The van der Waals surface area contributed by atoms with Crippen molar-refractivity contribution in [2.45, 2.75) is 6.92 Å². The first-order valence-corrected chi connectivity index (χ1v) is 6.48. The third-order valence-corrected chi connectivity index (χ3v) is 3.20. The molecule has 3 rings (SSSR count). The van der Waals surface area contributed by atoms with Crippen LogP contribution in [0.25, 0.3) is 22.4 Å². The summed E-state index contributed by atoms with van der Waals surface area (Å²) in [5, 5.41) is 0. The number of aryl methyl sites for hydroxylation is 1. The van der Waals surface area contributed by atoms with Gasteiger partial charge in [0.1, 0.15) is 0 Å². The lowest BCUT2D eigenvalue weighted by Gasteiger charge is -2.03. The minimum atomic E-state index is 1.15. The number of hydrogen-bond acceptors (Lipinski definition) is 0. The monoisotopic (exact) mass is 246 g/mol. The molecule has 19 heavy (non-hydrogen) atoms. The van der Waals surface area contributed by atoms with Crippen LogP contribution in [0, 0.1) is 6.92 Å². The molecule has 2 aromatic carbocycles. The summed E-state index contributed by atoms with van der Waals surface area (Å²) in [4.78, 5) is 3.43. The van der Waals surface area contributed by atoms with E-state index in [1.54, 1.807) is 0 Å². The summed E-state index contributed by atoms with van der Waals surface area (Å²) in [7, 11) is 0. The van der Waals surface area contributed by atoms with Crippen LogP contribution in [0.5, 0.6) is 0 Å². The molecule has 0 atom stereocenters. The van der Waals surface area contributed by atoms with Gasteiger partial charge in [0.15, 0.2) is 5.69 Å². The molecule has 1 nitrogen and oxygen atoms in total. The molecule has 3 aromatic rings. The SMILES string of the molecule is Cc1cc(-c2ccccc2)cc(-c2ccccc2)[nH+]1. The topological polar surface area (TPSA) is 14.1 Å². The number of aromatic nitrogens is 1. The Labute approximate surface area is 113 Å². The lowest BCUT2D eigenvalue weighted by atomic mass is 10.0. The Balaban J connectivity index is 2.12. The Morgan fingerprint density at radius 3 is 1.84 bits per heavy atom. The molecule has 0 saturated heterocycles. The molecule has 0 amide bonds. The van der Waals surface area contributed by atoms with Gasteiger partial charge in [-0.2, -0.15) is 0 Å². The van der Waals surface area contributed by atoms with Gasteiger partial charge < -0.3 is 0 Å². The number of hydrogen-bond donors (Lipinski definition) is 0. The Morgan fingerprint density at radius 1 is 0.632 bits per heavy atom. The molecule has 1 aromatic heterocycles. The van der Waals surface area contributed by atoms with Crippen LogP contribution in [0.15, 0.2) is 72.8 Å². The zero-order chi connectivity index (χ0) is 13.1. The maximum absolute atomic E-state index is 3.43. The highest BCUT2D eigenvalue weighted by Gasteiger charge is 2.09. The molecule has 1 heteroatoms. The van der Waals surface area contributed by atoms with Crippen LogP contribution in [0.1, 0.15) is 5.69 Å². The fourth-order valence-electron chi connectivity index (χ4n) is 2.29. The Hall–Kier alpha value is -2.41. The normalized spacial score (nSPS) is 10.4. The number of pyridine rings is 1. The summed E-state index contributed by atoms with van der Waals surface area (Å²) < 4.78 is 0. The molecule has 0 fully saturated rings. The predicted molar refractivity (Wildman–Crippen MR) is 78.6 cm³/mol. The van der Waals surface area contributed by atoms with Crippen LogP contribution >= 0.6 is 0 Å². The molecular weight excluding hydrogens is 230 g/mol. The maximum Gasteiger partial charge on any atom is 0.211 e. The van der Waals surface area contributed by atoms with Gasteiger partial charge in [-0.15, -0.1) is 0 Å². The second-order valence-corrected chi connectivity index (χ2v) is 4.70. The minimum absolute atomic E-state index is 1.15. The second kappa shape index (κ2) is 5.07. The first-order chi connectivity index (χ1) is 9.33. The highest BCUT2D eigenvalue weighted by molar-refractivity contribution is 5.68. The average Bonchev–Trinajstić information content (AvgIpc) is 2.48. The van der Waals surface area contributed by atoms with Gasteiger partial charge in [0, 0.05) is 24.6 Å². The van der Waals surface area contributed by atoms with Crippen molar-refractivity contribution in [2.75, 3.05) is 0 Å². The number of H-pyrrole nitrogens is 1. The standard InChI is InChI=1S/C18H15N/c1-14-12-17(15-8-4-2-5-9-15)13-18(19-14)16-10-6-3-7-11-16/h2-13H,1H3/p+1. The summed E-state index contributed by atoms with van der Waals surface area (Å²) in [6.07, 6.45) is 0. The summed E-state index contributed by atoms with van der Waals surface area (Å²) in [6.45, 7) is 2.10. The van der Waals surface area contributed by atoms with E-state index in [9.17, 15) is 0 Å². The van der Waals surface area contributed by atoms with Gasteiger partial charge >= 0.3 is 0 Å². The molecule has 0 aliphatic carbocycles. The second-order valence-electron chi connectivity index (χ2n) is 4.70. The maximum atomic E-state index is 3.43. The Bertz CT molecular complexity index is 615. The lowest BCUT2D eigenvalue weighted by Crippen LogP contribution is -2.11. The number of nitrogens with one attached hydrogen (secondary N) is 1. The quantitative estimate of drug-likeness (QED) is 0.645. The molecule has 0 saturated carbocycles. The van der Waals surface area contributed by atoms with Gasteiger partial charge in [0.2, 0.25) is 5.69 Å². The van der Waals surface area contributed by atoms with E-state index in [4.69, 9.17) is 0 Å². The molecule has 0 aliphatic heterocycles. The highest BCUT2D eigenvalue weighted by Crippen LogP contribution is 2.23. The number of aromatic amines is 1. The fraction of sp³-hybridized carbons (Fsp3) is 0.0556. The molecule has 1 N–H and O–H groups in total. The van der Waals surface area contributed by atoms with Crippen molar-refractivity contribution in [1.29, 1.82) is 0 Å². The van der Waals surface area contributed by atoms with E-state index in [2.05, 4.69) is 72.6 Å². The molecule has 1 heterocycles. The van der Waals surface area contributed by atoms with Gasteiger partial charge in [-0.05, 0) is 23.3 Å². The molecule has 0 bridgehead atoms. The van der Waals surface area contributed by atoms with Crippen molar-refractivity contribution < 1.29 is 4.98 Å². The van der Waals surface area contributed by atoms with Crippen molar-refractivity contribution in [2.24, 2.45) is 0 Å².